The molecule has 4 rings (SSSR count). The molecule has 0 saturated carbocycles. The quantitative estimate of drug-likeness (QED) is 0.643. The molecule has 134 valence electrons. The van der Waals surface area contributed by atoms with E-state index in [1.165, 1.54) is 10.4 Å². The molecular formula is C17H25N7S. The zero-order valence-corrected chi connectivity index (χ0v) is 15.3. The standard InChI is InChI=1S/C17H25N7S/c1-24(10-11-9-14(23-22-11)15-3-2-8-25-15)16-12-4-6-19-7-5-13(12)20-17(18)21-16/h2-3,8,11,14,19,22-23H,4-7,9-10H2,1H3,(H2,18,20,21). The maximum absolute atomic E-state index is 5.97. The van der Waals surface area contributed by atoms with Gasteiger partial charge in [0.15, 0.2) is 0 Å². The lowest BCUT2D eigenvalue weighted by Crippen LogP contribution is -2.39. The van der Waals surface area contributed by atoms with Crippen LogP contribution >= 0.6 is 11.3 Å². The molecule has 1 saturated heterocycles. The molecule has 0 aromatic carbocycles. The second kappa shape index (κ2) is 7.25. The molecule has 7 nitrogen and oxygen atoms in total. The lowest BCUT2D eigenvalue weighted by Gasteiger charge is -2.25. The van der Waals surface area contributed by atoms with Crippen molar-refractivity contribution in [3.63, 3.8) is 0 Å². The van der Waals surface area contributed by atoms with Gasteiger partial charge in [0.2, 0.25) is 5.95 Å². The third-order valence-corrected chi connectivity index (χ3v) is 5.89. The number of hydrogen-bond donors (Lipinski definition) is 4. The Kier molecular flexibility index (Phi) is 4.85. The second-order valence-electron chi connectivity index (χ2n) is 6.75. The Labute approximate surface area is 152 Å². The lowest BCUT2D eigenvalue weighted by molar-refractivity contribution is 0.540. The third-order valence-electron chi connectivity index (χ3n) is 4.90. The van der Waals surface area contributed by atoms with Crippen molar-refractivity contribution in [2.45, 2.75) is 31.3 Å². The van der Waals surface area contributed by atoms with Crippen molar-refractivity contribution < 1.29 is 0 Å². The first kappa shape index (κ1) is 16.7. The summed E-state index contributed by atoms with van der Waals surface area (Å²) in [6, 6.07) is 5.05. The number of hydrogen-bond acceptors (Lipinski definition) is 8. The van der Waals surface area contributed by atoms with Crippen molar-refractivity contribution in [1.29, 1.82) is 0 Å². The fourth-order valence-corrected chi connectivity index (χ4v) is 4.49. The molecule has 2 aromatic heterocycles. The molecule has 1 fully saturated rings. The van der Waals surface area contributed by atoms with E-state index in [1.807, 2.05) is 0 Å². The first-order chi connectivity index (χ1) is 12.2. The van der Waals surface area contributed by atoms with Gasteiger partial charge in [-0.25, -0.2) is 10.4 Å². The van der Waals surface area contributed by atoms with Crippen LogP contribution in [0.25, 0.3) is 0 Å². The number of aromatic nitrogens is 2. The normalized spacial score (nSPS) is 23.2. The molecule has 0 spiro atoms. The average molecular weight is 360 g/mol. The molecule has 4 heterocycles. The fourth-order valence-electron chi connectivity index (χ4n) is 3.69. The molecule has 2 aliphatic rings. The summed E-state index contributed by atoms with van der Waals surface area (Å²) in [6.07, 6.45) is 2.92. The van der Waals surface area contributed by atoms with E-state index in [0.717, 1.165) is 50.4 Å². The van der Waals surface area contributed by atoms with Crippen LogP contribution in [0.2, 0.25) is 0 Å². The van der Waals surface area contributed by atoms with Crippen LogP contribution in [0, 0.1) is 0 Å². The van der Waals surface area contributed by atoms with E-state index in [9.17, 15) is 0 Å². The lowest BCUT2D eigenvalue weighted by atomic mass is 10.1. The largest absolute Gasteiger partial charge is 0.368 e. The van der Waals surface area contributed by atoms with E-state index in [1.54, 1.807) is 11.3 Å². The van der Waals surface area contributed by atoms with Gasteiger partial charge in [0.1, 0.15) is 5.82 Å². The number of likely N-dealkylation sites (N-methyl/N-ethyl adjacent to an activating group) is 1. The highest BCUT2D eigenvalue weighted by Crippen LogP contribution is 2.28. The maximum Gasteiger partial charge on any atom is 0.222 e. The van der Waals surface area contributed by atoms with E-state index < -0.39 is 0 Å². The summed E-state index contributed by atoms with van der Waals surface area (Å²) in [4.78, 5) is 12.6. The van der Waals surface area contributed by atoms with Gasteiger partial charge in [0.05, 0.1) is 11.7 Å². The number of nitrogen functional groups attached to an aromatic ring is 1. The van der Waals surface area contributed by atoms with Gasteiger partial charge in [-0.1, -0.05) is 6.07 Å². The Bertz CT molecular complexity index is 718. The van der Waals surface area contributed by atoms with Crippen molar-refractivity contribution >= 4 is 23.1 Å². The van der Waals surface area contributed by atoms with E-state index >= 15 is 0 Å². The Morgan fingerprint density at radius 2 is 2.16 bits per heavy atom. The maximum atomic E-state index is 5.97. The number of fused-ring (bicyclic) bond motifs is 1. The van der Waals surface area contributed by atoms with Crippen LogP contribution in [-0.4, -0.2) is 42.7 Å². The van der Waals surface area contributed by atoms with Gasteiger partial charge in [0, 0.05) is 43.0 Å². The van der Waals surface area contributed by atoms with Crippen molar-refractivity contribution in [2.24, 2.45) is 0 Å². The minimum atomic E-state index is 0.368. The number of thiophene rings is 1. The predicted molar refractivity (Wildman–Crippen MR) is 102 cm³/mol. The number of rotatable bonds is 4. The van der Waals surface area contributed by atoms with Crippen molar-refractivity contribution in [2.75, 3.05) is 37.3 Å². The van der Waals surface area contributed by atoms with E-state index in [2.05, 4.69) is 55.6 Å². The summed E-state index contributed by atoms with van der Waals surface area (Å²) in [7, 11) is 2.10. The molecule has 0 aliphatic carbocycles. The van der Waals surface area contributed by atoms with Crippen LogP contribution in [-0.2, 0) is 12.8 Å². The Morgan fingerprint density at radius 3 is 3.00 bits per heavy atom. The van der Waals surface area contributed by atoms with Crippen LogP contribution in [0.1, 0.15) is 28.6 Å². The number of anilines is 2. The highest BCUT2D eigenvalue weighted by molar-refractivity contribution is 7.10. The molecule has 2 atom stereocenters. The number of nitrogens with zero attached hydrogens (tertiary/aromatic N) is 3. The van der Waals surface area contributed by atoms with Crippen LogP contribution in [0.15, 0.2) is 17.5 Å². The zero-order valence-electron chi connectivity index (χ0n) is 14.5. The summed E-state index contributed by atoms with van der Waals surface area (Å²) in [5.74, 6) is 1.35. The first-order valence-electron chi connectivity index (χ1n) is 8.82. The first-order valence-corrected chi connectivity index (χ1v) is 9.70. The monoisotopic (exact) mass is 359 g/mol. The van der Waals surface area contributed by atoms with Gasteiger partial charge in [-0.15, -0.1) is 11.3 Å². The van der Waals surface area contributed by atoms with Crippen molar-refractivity contribution in [1.82, 2.24) is 26.1 Å². The Morgan fingerprint density at radius 1 is 1.28 bits per heavy atom. The van der Waals surface area contributed by atoms with Crippen LogP contribution < -0.4 is 26.8 Å². The highest BCUT2D eigenvalue weighted by Gasteiger charge is 2.28. The second-order valence-corrected chi connectivity index (χ2v) is 7.73. The van der Waals surface area contributed by atoms with E-state index in [0.29, 0.717) is 18.0 Å². The predicted octanol–water partition coefficient (Wildman–Crippen LogP) is 0.853. The summed E-state index contributed by atoms with van der Waals surface area (Å²) in [6.45, 7) is 2.79. The Hall–Kier alpha value is -1.74. The molecule has 5 N–H and O–H groups in total. The molecule has 0 bridgehead atoms. The van der Waals surface area contributed by atoms with Gasteiger partial charge in [-0.2, -0.15) is 4.98 Å². The van der Waals surface area contributed by atoms with Crippen LogP contribution in [0.5, 0.6) is 0 Å². The SMILES string of the molecule is CN(CC1CC(c2cccs2)NN1)c1nc(N)nc2c1CCNCC2. The molecular weight excluding hydrogens is 334 g/mol. The highest BCUT2D eigenvalue weighted by atomic mass is 32.1. The fraction of sp³-hybridized carbons (Fsp3) is 0.529. The minimum Gasteiger partial charge on any atom is -0.368 e. The average Bonchev–Trinajstić information content (AvgIpc) is 3.22. The molecule has 25 heavy (non-hydrogen) atoms. The number of nitrogens with two attached hydrogens (primary N) is 1. The van der Waals surface area contributed by atoms with Crippen molar-refractivity contribution in [3.05, 3.63) is 33.6 Å². The molecule has 0 amide bonds. The zero-order chi connectivity index (χ0) is 17.2. The van der Waals surface area contributed by atoms with Gasteiger partial charge in [-0.3, -0.25) is 5.43 Å². The molecule has 2 aliphatic heterocycles. The summed E-state index contributed by atoms with van der Waals surface area (Å²) < 4.78 is 0. The molecule has 2 unspecified atom stereocenters. The van der Waals surface area contributed by atoms with E-state index in [-0.39, 0.29) is 0 Å². The number of hydrazine groups is 1. The van der Waals surface area contributed by atoms with Gasteiger partial charge < -0.3 is 16.0 Å². The Balaban J connectivity index is 1.48. The minimum absolute atomic E-state index is 0.368. The molecule has 2 aromatic rings. The summed E-state index contributed by atoms with van der Waals surface area (Å²) in [5.41, 5.74) is 15.1. The van der Waals surface area contributed by atoms with Gasteiger partial charge in [0.25, 0.3) is 0 Å². The topological polar surface area (TPSA) is 91.1 Å². The number of nitrogens with one attached hydrogen (secondary N) is 3. The van der Waals surface area contributed by atoms with Crippen molar-refractivity contribution in [3.8, 4) is 0 Å². The van der Waals surface area contributed by atoms with Gasteiger partial charge in [-0.05, 0) is 30.8 Å². The van der Waals surface area contributed by atoms with Gasteiger partial charge >= 0.3 is 0 Å². The molecule has 8 heteroatoms. The summed E-state index contributed by atoms with van der Waals surface area (Å²) >= 11 is 1.80. The molecule has 0 radical (unpaired) electrons. The van der Waals surface area contributed by atoms with Crippen LogP contribution in [0.3, 0.4) is 0 Å². The third kappa shape index (κ3) is 3.62. The summed E-state index contributed by atoms with van der Waals surface area (Å²) in [5, 5.41) is 5.55. The van der Waals surface area contributed by atoms with E-state index in [4.69, 9.17) is 5.73 Å². The smallest absolute Gasteiger partial charge is 0.222 e. The van der Waals surface area contributed by atoms with Crippen LogP contribution in [0.4, 0.5) is 11.8 Å².